The van der Waals surface area contributed by atoms with Gasteiger partial charge in [-0.25, -0.2) is 8.78 Å². The van der Waals surface area contributed by atoms with Crippen LogP contribution >= 0.6 is 11.8 Å². The smallest absolute Gasteiger partial charge is 0.255 e. The molecule has 114 valence electrons. The Labute approximate surface area is 132 Å². The molecule has 5 heteroatoms. The molecule has 2 nitrogen and oxygen atoms in total. The molecule has 1 fully saturated rings. The largest absolute Gasteiger partial charge is 0.322 e. The molecule has 1 atom stereocenters. The second-order valence-electron chi connectivity index (χ2n) is 5.20. The average Bonchev–Trinajstić information content (AvgIpc) is 2.96. The Balaban J connectivity index is 1.93. The van der Waals surface area contributed by atoms with E-state index in [1.165, 1.54) is 23.9 Å². The molecule has 1 saturated heterocycles. The van der Waals surface area contributed by atoms with Gasteiger partial charge in [-0.05, 0) is 24.6 Å². The molecule has 0 radical (unpaired) electrons. The maximum Gasteiger partial charge on any atom is 0.255 e. The fourth-order valence-electron chi connectivity index (χ4n) is 2.60. The molecule has 22 heavy (non-hydrogen) atoms. The quantitative estimate of drug-likeness (QED) is 0.828. The van der Waals surface area contributed by atoms with Gasteiger partial charge in [0, 0.05) is 29.5 Å². The van der Waals surface area contributed by atoms with Gasteiger partial charge in [-0.1, -0.05) is 24.3 Å². The van der Waals surface area contributed by atoms with E-state index in [2.05, 4.69) is 0 Å². The van der Waals surface area contributed by atoms with Crippen molar-refractivity contribution in [2.75, 3.05) is 12.3 Å². The number of hydrogen-bond donors (Lipinski definition) is 0. The molecule has 0 aliphatic carbocycles. The topological polar surface area (TPSA) is 20.3 Å². The number of benzene rings is 2. The van der Waals surface area contributed by atoms with Crippen LogP contribution in [-0.4, -0.2) is 23.1 Å². The Bertz CT molecular complexity index is 720. The molecule has 1 aliphatic rings. The van der Waals surface area contributed by atoms with Crippen molar-refractivity contribution < 1.29 is 13.6 Å². The minimum absolute atomic E-state index is 0.114. The van der Waals surface area contributed by atoms with Gasteiger partial charge in [0.1, 0.15) is 17.0 Å². The molecule has 0 spiro atoms. The van der Waals surface area contributed by atoms with Crippen LogP contribution in [0.15, 0.2) is 42.5 Å². The first-order valence-electron chi connectivity index (χ1n) is 7.01. The van der Waals surface area contributed by atoms with E-state index < -0.39 is 17.0 Å². The Hall–Kier alpha value is -1.88. The minimum atomic E-state index is -0.610. The Morgan fingerprint density at radius 3 is 2.73 bits per heavy atom. The van der Waals surface area contributed by atoms with Crippen LogP contribution in [0.5, 0.6) is 0 Å². The van der Waals surface area contributed by atoms with E-state index >= 15 is 0 Å². The summed E-state index contributed by atoms with van der Waals surface area (Å²) in [6.45, 7) is 2.43. The molecule has 2 aromatic rings. The molecule has 1 heterocycles. The van der Waals surface area contributed by atoms with Gasteiger partial charge in [-0.15, -0.1) is 11.8 Å². The van der Waals surface area contributed by atoms with Crippen LogP contribution in [0.2, 0.25) is 0 Å². The van der Waals surface area contributed by atoms with Gasteiger partial charge >= 0.3 is 0 Å². The third-order valence-corrected chi connectivity index (χ3v) is 5.00. The van der Waals surface area contributed by atoms with E-state index in [4.69, 9.17) is 0 Å². The highest BCUT2D eigenvalue weighted by Gasteiger charge is 2.33. The molecule has 0 N–H and O–H groups in total. The summed E-state index contributed by atoms with van der Waals surface area (Å²) in [5.74, 6) is -0.598. The normalized spacial score (nSPS) is 17.8. The zero-order chi connectivity index (χ0) is 15.7. The maximum atomic E-state index is 14.0. The lowest BCUT2D eigenvalue weighted by Gasteiger charge is -2.25. The van der Waals surface area contributed by atoms with Crippen LogP contribution < -0.4 is 0 Å². The van der Waals surface area contributed by atoms with Crippen molar-refractivity contribution >= 4 is 17.7 Å². The third-order valence-electron chi connectivity index (χ3n) is 3.76. The first-order chi connectivity index (χ1) is 10.6. The summed E-state index contributed by atoms with van der Waals surface area (Å²) in [6.07, 6.45) is 0. The first-order valence-corrected chi connectivity index (χ1v) is 8.06. The van der Waals surface area contributed by atoms with Crippen molar-refractivity contribution in [3.63, 3.8) is 0 Å². The van der Waals surface area contributed by atoms with Crippen LogP contribution in [0.25, 0.3) is 0 Å². The molecule has 0 bridgehead atoms. The predicted molar refractivity (Wildman–Crippen MR) is 83.8 cm³/mol. The Morgan fingerprint density at radius 2 is 2.00 bits per heavy atom. The van der Waals surface area contributed by atoms with E-state index in [1.54, 1.807) is 11.0 Å². The number of nitrogens with zero attached hydrogens (tertiary/aromatic N) is 1. The summed E-state index contributed by atoms with van der Waals surface area (Å²) >= 11 is 1.50. The van der Waals surface area contributed by atoms with E-state index in [0.29, 0.717) is 17.7 Å². The number of thioether (sulfide) groups is 1. The zero-order valence-corrected chi connectivity index (χ0v) is 12.9. The summed E-state index contributed by atoms with van der Waals surface area (Å²) in [7, 11) is 0. The predicted octanol–water partition coefficient (Wildman–Crippen LogP) is 4.16. The van der Waals surface area contributed by atoms with Crippen molar-refractivity contribution in [1.29, 1.82) is 0 Å². The van der Waals surface area contributed by atoms with E-state index in [1.807, 2.05) is 25.1 Å². The molecule has 1 aliphatic heterocycles. The molecule has 3 rings (SSSR count). The van der Waals surface area contributed by atoms with E-state index in [9.17, 15) is 13.6 Å². The number of amides is 1. The monoisotopic (exact) mass is 319 g/mol. The van der Waals surface area contributed by atoms with Crippen molar-refractivity contribution in [2.45, 2.75) is 12.3 Å². The number of hydrogen-bond acceptors (Lipinski definition) is 2. The summed E-state index contributed by atoms with van der Waals surface area (Å²) < 4.78 is 27.1. The van der Waals surface area contributed by atoms with E-state index in [-0.39, 0.29) is 5.91 Å². The lowest BCUT2D eigenvalue weighted by atomic mass is 10.1. The molecule has 1 amide bonds. The number of carbonyl (C=O) groups is 1. The van der Waals surface area contributed by atoms with Gasteiger partial charge in [-0.3, -0.25) is 4.79 Å². The number of carbonyl (C=O) groups excluding carboxylic acids is 1. The summed E-state index contributed by atoms with van der Waals surface area (Å²) in [4.78, 5) is 14.4. The van der Waals surface area contributed by atoms with Gasteiger partial charge in [0.2, 0.25) is 0 Å². The molecular formula is C17H15F2NOS. The maximum absolute atomic E-state index is 14.0. The summed E-state index contributed by atoms with van der Waals surface area (Å²) in [6, 6.07) is 10.9. The number of halogens is 2. The second kappa shape index (κ2) is 6.08. The first kappa shape index (κ1) is 15.0. The number of aryl methyl sites for hydroxylation is 1. The SMILES string of the molecule is Cc1ccccc1C(=O)N1CCS[C@@H]1c1ccc(F)cc1F. The van der Waals surface area contributed by atoms with Gasteiger partial charge in [0.15, 0.2) is 0 Å². The fourth-order valence-corrected chi connectivity index (χ4v) is 3.88. The highest BCUT2D eigenvalue weighted by atomic mass is 32.2. The Morgan fingerprint density at radius 1 is 1.23 bits per heavy atom. The standard InChI is InChI=1S/C17H15F2NOS/c1-11-4-2-3-5-13(11)16(21)20-8-9-22-17(20)14-7-6-12(18)10-15(14)19/h2-7,10,17H,8-9H2,1H3/t17-/m1/s1. The van der Waals surface area contributed by atoms with E-state index in [0.717, 1.165) is 17.4 Å². The lowest BCUT2D eigenvalue weighted by Crippen LogP contribution is -2.31. The molecule has 0 unspecified atom stereocenters. The molecule has 0 aromatic heterocycles. The minimum Gasteiger partial charge on any atom is -0.322 e. The third kappa shape index (κ3) is 2.73. The summed E-state index contributed by atoms with van der Waals surface area (Å²) in [5.41, 5.74) is 1.87. The zero-order valence-electron chi connectivity index (χ0n) is 12.1. The van der Waals surface area contributed by atoms with Crippen LogP contribution in [0, 0.1) is 18.6 Å². The second-order valence-corrected chi connectivity index (χ2v) is 6.39. The van der Waals surface area contributed by atoms with Gasteiger partial charge in [0.25, 0.3) is 5.91 Å². The lowest BCUT2D eigenvalue weighted by molar-refractivity contribution is 0.0758. The Kier molecular flexibility index (Phi) is 4.16. The fraction of sp³-hybridized carbons (Fsp3) is 0.235. The molecule has 2 aromatic carbocycles. The van der Waals surface area contributed by atoms with Crippen LogP contribution in [0.4, 0.5) is 8.78 Å². The number of rotatable bonds is 2. The van der Waals surface area contributed by atoms with Crippen molar-refractivity contribution in [2.24, 2.45) is 0 Å². The van der Waals surface area contributed by atoms with Crippen molar-refractivity contribution in [3.05, 3.63) is 70.8 Å². The molecular weight excluding hydrogens is 304 g/mol. The highest BCUT2D eigenvalue weighted by Crippen LogP contribution is 2.40. The summed E-state index contributed by atoms with van der Waals surface area (Å²) in [5, 5.41) is -0.410. The van der Waals surface area contributed by atoms with Gasteiger partial charge in [-0.2, -0.15) is 0 Å². The van der Waals surface area contributed by atoms with Crippen LogP contribution in [0.1, 0.15) is 26.9 Å². The van der Waals surface area contributed by atoms with Gasteiger partial charge in [0.05, 0.1) is 0 Å². The van der Waals surface area contributed by atoms with Crippen molar-refractivity contribution in [1.82, 2.24) is 4.90 Å². The van der Waals surface area contributed by atoms with Gasteiger partial charge < -0.3 is 4.90 Å². The van der Waals surface area contributed by atoms with Crippen molar-refractivity contribution in [3.8, 4) is 0 Å². The molecule has 0 saturated carbocycles. The highest BCUT2D eigenvalue weighted by molar-refractivity contribution is 7.99. The average molecular weight is 319 g/mol. The van der Waals surface area contributed by atoms with Crippen LogP contribution in [-0.2, 0) is 0 Å². The van der Waals surface area contributed by atoms with Crippen LogP contribution in [0.3, 0.4) is 0 Å².